The van der Waals surface area contributed by atoms with Gasteiger partial charge < -0.3 is 28.4 Å². The highest BCUT2D eigenvalue weighted by atomic mass is 79.9. The fraction of sp³-hybridized carbons (Fsp3) is 0.270. The maximum atomic E-state index is 14.2. The molecule has 0 saturated heterocycles. The molecule has 1 aliphatic rings. The van der Waals surface area contributed by atoms with Gasteiger partial charge in [0, 0.05) is 0 Å². The Bertz CT molecular complexity index is 2220. The van der Waals surface area contributed by atoms with E-state index in [1.165, 1.54) is 30.1 Å². The number of aromatic nitrogens is 1. The second-order valence-electron chi connectivity index (χ2n) is 10.9. The van der Waals surface area contributed by atoms with Crippen LogP contribution >= 0.6 is 27.3 Å². The van der Waals surface area contributed by atoms with Crippen molar-refractivity contribution in [3.63, 3.8) is 0 Å². The lowest BCUT2D eigenvalue weighted by atomic mass is 9.95. The van der Waals surface area contributed by atoms with Crippen molar-refractivity contribution in [1.29, 1.82) is 5.26 Å². The molecular formula is C37H34BrN3O9S. The van der Waals surface area contributed by atoms with E-state index in [4.69, 9.17) is 28.9 Å². The lowest BCUT2D eigenvalue weighted by Crippen LogP contribution is -2.40. The first kappa shape index (κ1) is 36.9. The summed E-state index contributed by atoms with van der Waals surface area (Å²) < 4.78 is 35.7. The van der Waals surface area contributed by atoms with Crippen molar-refractivity contribution < 1.29 is 38.0 Å². The molecule has 264 valence electrons. The number of halogens is 1. The molecule has 1 atom stereocenters. The van der Waals surface area contributed by atoms with Crippen molar-refractivity contribution in [3.8, 4) is 29.1 Å². The zero-order valence-corrected chi connectivity index (χ0v) is 30.9. The van der Waals surface area contributed by atoms with Crippen LogP contribution in [0.4, 0.5) is 0 Å². The standard InChI is InChI=1S/C37H34BrN3O9S/c1-6-47-28-17-25(12-13-27(28)49-20-31(42)46-5)33-32(36(44)48-7-2)21(3)40-37-41(33)35(43)30(51-37)16-24-14-26(38)34(29(15-24)45-4)50-19-23-10-8-22(18-39)9-11-23/h8-17,33H,6-7,19-20H2,1-5H3/b30-16+/t33-/m0/s1. The summed E-state index contributed by atoms with van der Waals surface area (Å²) in [6.07, 6.45) is 1.72. The van der Waals surface area contributed by atoms with Gasteiger partial charge in [-0.1, -0.05) is 29.5 Å². The fourth-order valence-corrected chi connectivity index (χ4v) is 6.95. The van der Waals surface area contributed by atoms with E-state index < -0.39 is 18.0 Å². The molecule has 3 aromatic carbocycles. The van der Waals surface area contributed by atoms with Gasteiger partial charge in [0.15, 0.2) is 34.4 Å². The van der Waals surface area contributed by atoms with E-state index in [-0.39, 0.29) is 31.0 Å². The van der Waals surface area contributed by atoms with Gasteiger partial charge in [-0.3, -0.25) is 9.36 Å². The maximum absolute atomic E-state index is 14.2. The Morgan fingerprint density at radius 1 is 1.00 bits per heavy atom. The number of carbonyl (C=O) groups excluding carboxylic acids is 2. The molecule has 12 nitrogen and oxygen atoms in total. The third kappa shape index (κ3) is 8.16. The molecule has 0 spiro atoms. The highest BCUT2D eigenvalue weighted by Crippen LogP contribution is 2.38. The number of esters is 2. The SMILES string of the molecule is CCOC(=O)C1=C(C)N=c2s/c(=C/c3cc(Br)c(OCc4ccc(C#N)cc4)c(OC)c3)c(=O)n2[C@H]1c1ccc(OCC(=O)OC)c(OCC)c1. The number of hydrogen-bond donors (Lipinski definition) is 0. The molecule has 0 aliphatic carbocycles. The predicted molar refractivity (Wildman–Crippen MR) is 192 cm³/mol. The molecule has 0 saturated carbocycles. The lowest BCUT2D eigenvalue weighted by molar-refractivity contribution is -0.143. The van der Waals surface area contributed by atoms with E-state index in [0.29, 0.717) is 65.8 Å². The minimum absolute atomic E-state index is 0.126. The van der Waals surface area contributed by atoms with E-state index >= 15 is 0 Å². The first-order valence-electron chi connectivity index (χ1n) is 15.8. The largest absolute Gasteiger partial charge is 0.493 e. The van der Waals surface area contributed by atoms with E-state index in [2.05, 4.69) is 31.7 Å². The summed E-state index contributed by atoms with van der Waals surface area (Å²) in [5.74, 6) is 0.351. The second-order valence-corrected chi connectivity index (χ2v) is 12.8. The van der Waals surface area contributed by atoms with E-state index in [1.807, 2.05) is 18.2 Å². The number of thiazole rings is 1. The van der Waals surface area contributed by atoms with E-state index in [0.717, 1.165) is 5.56 Å². The summed E-state index contributed by atoms with van der Waals surface area (Å²) in [4.78, 5) is 44.4. The van der Waals surface area contributed by atoms with Crippen molar-refractivity contribution in [1.82, 2.24) is 4.57 Å². The van der Waals surface area contributed by atoms with Crippen molar-refractivity contribution in [2.24, 2.45) is 4.99 Å². The van der Waals surface area contributed by atoms with Crippen molar-refractivity contribution in [2.45, 2.75) is 33.4 Å². The van der Waals surface area contributed by atoms with E-state index in [9.17, 15) is 14.4 Å². The highest BCUT2D eigenvalue weighted by molar-refractivity contribution is 9.10. The number of hydrogen-bond acceptors (Lipinski definition) is 12. The van der Waals surface area contributed by atoms with Gasteiger partial charge in [-0.05, 0) is 95.9 Å². The van der Waals surface area contributed by atoms with Crippen LogP contribution in [0.3, 0.4) is 0 Å². The molecule has 2 heterocycles. The van der Waals surface area contributed by atoms with Gasteiger partial charge >= 0.3 is 11.9 Å². The number of benzene rings is 3. The van der Waals surface area contributed by atoms with Crippen molar-refractivity contribution in [3.05, 3.63) is 112 Å². The summed E-state index contributed by atoms with van der Waals surface area (Å²) in [5.41, 5.74) is 2.86. The van der Waals surface area contributed by atoms with Crippen LogP contribution in [0, 0.1) is 11.3 Å². The Morgan fingerprint density at radius 2 is 1.76 bits per heavy atom. The quantitative estimate of drug-likeness (QED) is 0.171. The molecule has 14 heteroatoms. The topological polar surface area (TPSA) is 148 Å². The minimum Gasteiger partial charge on any atom is -0.493 e. The Hall–Kier alpha value is -5.39. The van der Waals surface area contributed by atoms with Crippen LogP contribution in [0.2, 0.25) is 0 Å². The number of methoxy groups -OCH3 is 2. The van der Waals surface area contributed by atoms with Gasteiger partial charge in [0.2, 0.25) is 0 Å². The molecule has 0 fully saturated rings. The first-order chi connectivity index (χ1) is 24.6. The van der Waals surface area contributed by atoms with Crippen molar-refractivity contribution >= 4 is 45.3 Å². The predicted octanol–water partition coefficient (Wildman–Crippen LogP) is 4.97. The summed E-state index contributed by atoms with van der Waals surface area (Å²) in [6.45, 7) is 5.53. The minimum atomic E-state index is -0.907. The second kappa shape index (κ2) is 16.5. The molecule has 0 amide bonds. The molecule has 0 unspecified atom stereocenters. The van der Waals surface area contributed by atoms with Crippen LogP contribution in [-0.4, -0.2) is 50.5 Å². The monoisotopic (exact) mass is 775 g/mol. The molecule has 51 heavy (non-hydrogen) atoms. The zero-order chi connectivity index (χ0) is 36.7. The van der Waals surface area contributed by atoms with Gasteiger partial charge in [0.25, 0.3) is 5.56 Å². The molecule has 0 N–H and O–H groups in total. The van der Waals surface area contributed by atoms with Crippen LogP contribution in [0.5, 0.6) is 23.0 Å². The van der Waals surface area contributed by atoms with Gasteiger partial charge in [-0.2, -0.15) is 5.26 Å². The average molecular weight is 777 g/mol. The van der Waals surface area contributed by atoms with Crippen LogP contribution in [-0.2, 0) is 25.7 Å². The van der Waals surface area contributed by atoms with Gasteiger partial charge in [0.05, 0.1) is 65.4 Å². The number of carbonyl (C=O) groups is 2. The number of allylic oxidation sites excluding steroid dienone is 1. The summed E-state index contributed by atoms with van der Waals surface area (Å²) >= 11 is 4.76. The Kier molecular flexibility index (Phi) is 12.0. The Balaban J connectivity index is 1.57. The number of nitrogens with zero attached hydrogens (tertiary/aromatic N) is 3. The number of rotatable bonds is 13. The van der Waals surface area contributed by atoms with Gasteiger partial charge in [-0.25, -0.2) is 14.6 Å². The van der Waals surface area contributed by atoms with Gasteiger partial charge in [0.1, 0.15) is 6.61 Å². The summed E-state index contributed by atoms with van der Waals surface area (Å²) in [7, 11) is 2.79. The lowest BCUT2D eigenvalue weighted by Gasteiger charge is -2.25. The number of ether oxygens (including phenoxy) is 6. The molecule has 0 radical (unpaired) electrons. The zero-order valence-electron chi connectivity index (χ0n) is 28.5. The Labute approximate surface area is 305 Å². The van der Waals surface area contributed by atoms with Crippen LogP contribution in [0.25, 0.3) is 6.08 Å². The van der Waals surface area contributed by atoms with Crippen LogP contribution in [0.15, 0.2) is 80.1 Å². The van der Waals surface area contributed by atoms with Crippen LogP contribution in [0.1, 0.15) is 49.1 Å². The van der Waals surface area contributed by atoms with Gasteiger partial charge in [-0.15, -0.1) is 0 Å². The van der Waals surface area contributed by atoms with Crippen molar-refractivity contribution in [2.75, 3.05) is 34.0 Å². The molecule has 4 aromatic rings. The summed E-state index contributed by atoms with van der Waals surface area (Å²) in [5, 5.41) is 9.07. The third-order valence-corrected chi connectivity index (χ3v) is 9.26. The average Bonchev–Trinajstić information content (AvgIpc) is 3.43. The van der Waals surface area contributed by atoms with E-state index in [1.54, 1.807) is 63.2 Å². The summed E-state index contributed by atoms with van der Waals surface area (Å²) in [6, 6.07) is 16.8. The number of fused-ring (bicyclic) bond motifs is 1. The highest BCUT2D eigenvalue weighted by Gasteiger charge is 2.34. The Morgan fingerprint density at radius 3 is 2.43 bits per heavy atom. The molecule has 5 rings (SSSR count). The fourth-order valence-electron chi connectivity index (χ4n) is 5.33. The smallest absolute Gasteiger partial charge is 0.343 e. The molecular weight excluding hydrogens is 742 g/mol. The first-order valence-corrected chi connectivity index (χ1v) is 17.4. The molecule has 1 aliphatic heterocycles. The number of nitriles is 1. The molecule has 0 bridgehead atoms. The van der Waals surface area contributed by atoms with Crippen LogP contribution < -0.4 is 33.8 Å². The maximum Gasteiger partial charge on any atom is 0.343 e. The third-order valence-electron chi connectivity index (χ3n) is 7.69. The molecule has 1 aromatic heterocycles. The normalized spacial score (nSPS) is 13.8.